The van der Waals surface area contributed by atoms with Gasteiger partial charge >= 0.3 is 0 Å². The van der Waals surface area contributed by atoms with E-state index in [0.717, 1.165) is 25.7 Å². The van der Waals surface area contributed by atoms with Crippen LogP contribution in [0.2, 0.25) is 0 Å². The van der Waals surface area contributed by atoms with Gasteiger partial charge in [-0.3, -0.25) is 0 Å². The molecule has 0 aliphatic carbocycles. The third kappa shape index (κ3) is 5.01. The second-order valence-electron chi connectivity index (χ2n) is 6.99. The first-order valence-electron chi connectivity index (χ1n) is 8.43. The van der Waals surface area contributed by atoms with Gasteiger partial charge in [-0.25, -0.2) is 21.6 Å². The first-order chi connectivity index (χ1) is 11.6. The summed E-state index contributed by atoms with van der Waals surface area (Å²) in [5.74, 6) is 0. The molecule has 0 spiro atoms. The molecule has 1 fully saturated rings. The van der Waals surface area contributed by atoms with Crippen LogP contribution in [0.3, 0.4) is 0 Å². The Hall–Kier alpha value is -1.00. The average Bonchev–Trinajstić information content (AvgIpc) is 2.84. The summed E-state index contributed by atoms with van der Waals surface area (Å²) in [4.78, 5) is -0.0762. The molecule has 1 aromatic rings. The fraction of sp³-hybridized carbons (Fsp3) is 0.625. The summed E-state index contributed by atoms with van der Waals surface area (Å²) in [5.41, 5.74) is 4.75. The first-order valence-corrected chi connectivity index (χ1v) is 11.4. The number of hydrogen-bond donors (Lipinski definition) is 2. The zero-order valence-corrected chi connectivity index (χ0v) is 16.4. The van der Waals surface area contributed by atoms with E-state index >= 15 is 0 Å². The smallest absolute Gasteiger partial charge is 0.243 e. The lowest BCUT2D eigenvalue weighted by molar-refractivity contribution is 0.423. The molecular weight excluding hydrogens is 362 g/mol. The Labute approximate surface area is 150 Å². The van der Waals surface area contributed by atoms with Crippen LogP contribution in [0.25, 0.3) is 0 Å². The number of nitrogens with two attached hydrogens (primary N) is 1. The number of benzene rings is 1. The van der Waals surface area contributed by atoms with Crippen molar-refractivity contribution in [3.63, 3.8) is 0 Å². The summed E-state index contributed by atoms with van der Waals surface area (Å²) in [6.45, 7) is 4.40. The van der Waals surface area contributed by atoms with Crippen LogP contribution in [-0.4, -0.2) is 46.3 Å². The predicted molar refractivity (Wildman–Crippen MR) is 97.1 cm³/mol. The molecule has 0 radical (unpaired) electrons. The maximum Gasteiger partial charge on any atom is 0.243 e. The van der Waals surface area contributed by atoms with Crippen LogP contribution in [0.5, 0.6) is 0 Å². The highest BCUT2D eigenvalue weighted by Gasteiger charge is 2.29. The van der Waals surface area contributed by atoms with Gasteiger partial charge in [0, 0.05) is 25.2 Å². The average molecular weight is 390 g/mol. The summed E-state index contributed by atoms with van der Waals surface area (Å²) in [5, 5.41) is 0. The molecule has 7 nitrogen and oxygen atoms in total. The van der Waals surface area contributed by atoms with Gasteiger partial charge < -0.3 is 5.73 Å². The molecule has 1 aliphatic rings. The number of sulfonamides is 2. The molecule has 1 saturated heterocycles. The lowest BCUT2D eigenvalue weighted by Crippen LogP contribution is -2.48. The van der Waals surface area contributed by atoms with Crippen molar-refractivity contribution in [2.75, 3.05) is 19.6 Å². The molecule has 2 rings (SSSR count). The molecule has 0 unspecified atom stereocenters. The number of hydrogen-bond acceptors (Lipinski definition) is 5. The molecule has 9 heteroatoms. The topological polar surface area (TPSA) is 110 Å². The van der Waals surface area contributed by atoms with Crippen LogP contribution in [0, 0.1) is 0 Å². The largest absolute Gasteiger partial charge is 0.329 e. The lowest BCUT2D eigenvalue weighted by Gasteiger charge is -2.24. The van der Waals surface area contributed by atoms with Crippen molar-refractivity contribution in [3.8, 4) is 0 Å². The Morgan fingerprint density at radius 2 is 1.60 bits per heavy atom. The minimum atomic E-state index is -3.86. The molecule has 25 heavy (non-hydrogen) atoms. The van der Waals surface area contributed by atoms with E-state index in [1.165, 1.54) is 28.6 Å². The molecule has 1 aliphatic heterocycles. The van der Waals surface area contributed by atoms with Gasteiger partial charge in [0.1, 0.15) is 0 Å². The second kappa shape index (κ2) is 7.71. The SMILES string of the molecule is CC(C)(CN)NS(=O)(=O)c1cccc(S(=O)(=O)N2CCCCCC2)c1. The van der Waals surface area contributed by atoms with Crippen molar-refractivity contribution in [3.05, 3.63) is 24.3 Å². The van der Waals surface area contributed by atoms with Crippen LogP contribution >= 0.6 is 0 Å². The zero-order valence-electron chi connectivity index (χ0n) is 14.7. The molecule has 0 saturated carbocycles. The van der Waals surface area contributed by atoms with Crippen LogP contribution < -0.4 is 10.5 Å². The highest BCUT2D eigenvalue weighted by Crippen LogP contribution is 2.23. The van der Waals surface area contributed by atoms with Crippen molar-refractivity contribution in [1.29, 1.82) is 0 Å². The van der Waals surface area contributed by atoms with Crippen LogP contribution in [0.1, 0.15) is 39.5 Å². The van der Waals surface area contributed by atoms with E-state index in [-0.39, 0.29) is 16.3 Å². The summed E-state index contributed by atoms with van der Waals surface area (Å²) in [6, 6.07) is 5.49. The van der Waals surface area contributed by atoms with E-state index in [4.69, 9.17) is 5.73 Å². The number of rotatable bonds is 6. The van der Waals surface area contributed by atoms with E-state index in [9.17, 15) is 16.8 Å². The van der Waals surface area contributed by atoms with Crippen LogP contribution in [0.15, 0.2) is 34.1 Å². The van der Waals surface area contributed by atoms with Gasteiger partial charge in [-0.05, 0) is 44.9 Å². The van der Waals surface area contributed by atoms with E-state index in [1.807, 2.05) is 0 Å². The third-order valence-corrected chi connectivity index (χ3v) is 7.83. The van der Waals surface area contributed by atoms with Crippen molar-refractivity contribution >= 4 is 20.0 Å². The molecule has 1 aromatic carbocycles. The Kier molecular flexibility index (Phi) is 6.26. The van der Waals surface area contributed by atoms with Gasteiger partial charge in [-0.1, -0.05) is 18.9 Å². The molecular formula is C16H27N3O4S2. The van der Waals surface area contributed by atoms with Gasteiger partial charge in [0.25, 0.3) is 0 Å². The van der Waals surface area contributed by atoms with Gasteiger partial charge in [-0.2, -0.15) is 4.31 Å². The minimum absolute atomic E-state index is 0.00262. The van der Waals surface area contributed by atoms with Gasteiger partial charge in [0.15, 0.2) is 0 Å². The number of nitrogens with zero attached hydrogens (tertiary/aromatic N) is 1. The monoisotopic (exact) mass is 389 g/mol. The molecule has 0 aromatic heterocycles. The minimum Gasteiger partial charge on any atom is -0.329 e. The molecule has 0 amide bonds. The predicted octanol–water partition coefficient (Wildman–Crippen LogP) is 1.27. The van der Waals surface area contributed by atoms with Crippen molar-refractivity contribution in [1.82, 2.24) is 9.03 Å². The standard InChI is InChI=1S/C16H27N3O4S2/c1-16(2,13-17)18-24(20,21)14-8-7-9-15(12-14)25(22,23)19-10-5-3-4-6-11-19/h7-9,12,18H,3-6,10-11,13,17H2,1-2H3. The fourth-order valence-electron chi connectivity index (χ4n) is 2.70. The molecule has 142 valence electrons. The molecule has 0 atom stereocenters. The van der Waals surface area contributed by atoms with Gasteiger partial charge in [-0.15, -0.1) is 0 Å². The number of nitrogens with one attached hydrogen (secondary N) is 1. The quantitative estimate of drug-likeness (QED) is 0.761. The van der Waals surface area contributed by atoms with E-state index in [0.29, 0.717) is 13.1 Å². The van der Waals surface area contributed by atoms with E-state index in [2.05, 4.69) is 4.72 Å². The zero-order chi connectivity index (χ0) is 18.7. The summed E-state index contributed by atoms with van der Waals surface area (Å²) < 4.78 is 54.7. The van der Waals surface area contributed by atoms with Gasteiger partial charge in [0.2, 0.25) is 20.0 Å². The van der Waals surface area contributed by atoms with Crippen LogP contribution in [0.4, 0.5) is 0 Å². The van der Waals surface area contributed by atoms with E-state index in [1.54, 1.807) is 13.8 Å². The highest BCUT2D eigenvalue weighted by atomic mass is 32.2. The van der Waals surface area contributed by atoms with Crippen molar-refractivity contribution in [2.45, 2.75) is 54.9 Å². The Morgan fingerprint density at radius 1 is 1.04 bits per heavy atom. The fourth-order valence-corrected chi connectivity index (χ4v) is 5.80. The van der Waals surface area contributed by atoms with Crippen molar-refractivity contribution < 1.29 is 16.8 Å². The Balaban J connectivity index is 2.35. The molecule has 3 N–H and O–H groups in total. The lowest BCUT2D eigenvalue weighted by atomic mass is 10.1. The maximum absolute atomic E-state index is 12.9. The summed E-state index contributed by atoms with van der Waals surface area (Å²) >= 11 is 0. The van der Waals surface area contributed by atoms with Crippen molar-refractivity contribution in [2.24, 2.45) is 5.73 Å². The summed E-state index contributed by atoms with van der Waals surface area (Å²) in [6.07, 6.45) is 3.67. The first kappa shape index (κ1) is 20.3. The Morgan fingerprint density at radius 3 is 2.16 bits per heavy atom. The van der Waals surface area contributed by atoms with Gasteiger partial charge in [0.05, 0.1) is 9.79 Å². The van der Waals surface area contributed by atoms with Crippen LogP contribution in [-0.2, 0) is 20.0 Å². The molecule has 1 heterocycles. The van der Waals surface area contributed by atoms with E-state index < -0.39 is 25.6 Å². The normalized spacial score (nSPS) is 18.0. The molecule has 0 bridgehead atoms. The maximum atomic E-state index is 12.9. The second-order valence-corrected chi connectivity index (χ2v) is 10.6. The summed E-state index contributed by atoms with van der Waals surface area (Å²) in [7, 11) is -7.56. The third-order valence-electron chi connectivity index (χ3n) is 4.24. The Bertz CT molecular complexity index is 796. The highest BCUT2D eigenvalue weighted by molar-refractivity contribution is 7.90.